The fourth-order valence-electron chi connectivity index (χ4n) is 2.02. The minimum absolute atomic E-state index is 0.0221. The second kappa shape index (κ2) is 6.33. The first-order chi connectivity index (χ1) is 9.08. The largest absolute Gasteiger partial charge is 0.495 e. The van der Waals surface area contributed by atoms with Crippen LogP contribution in [0.5, 0.6) is 5.75 Å². The lowest BCUT2D eigenvalue weighted by Gasteiger charge is -2.16. The zero-order chi connectivity index (χ0) is 14.0. The number of hydrogen-bond acceptors (Lipinski definition) is 2. The Morgan fingerprint density at radius 2 is 2.11 bits per heavy atom. The molecule has 1 aromatic carbocycles. The number of benzene rings is 1. The molecule has 0 amide bonds. The van der Waals surface area contributed by atoms with E-state index >= 15 is 0 Å². The van der Waals surface area contributed by atoms with Crippen molar-refractivity contribution in [2.75, 3.05) is 7.11 Å². The molecule has 0 fully saturated rings. The van der Waals surface area contributed by atoms with E-state index in [1.807, 2.05) is 18.2 Å². The van der Waals surface area contributed by atoms with Gasteiger partial charge in [0.1, 0.15) is 11.5 Å². The molecule has 0 aliphatic heterocycles. The first-order valence-electron chi connectivity index (χ1n) is 5.81. The van der Waals surface area contributed by atoms with Gasteiger partial charge in [0.05, 0.1) is 22.7 Å². The summed E-state index contributed by atoms with van der Waals surface area (Å²) in [6.07, 6.45) is 2.54. The highest BCUT2D eigenvalue weighted by molar-refractivity contribution is 9.10. The zero-order valence-electron chi connectivity index (χ0n) is 10.5. The Morgan fingerprint density at radius 1 is 1.37 bits per heavy atom. The fourth-order valence-corrected chi connectivity index (χ4v) is 3.76. The van der Waals surface area contributed by atoms with Crippen LogP contribution in [-0.4, -0.2) is 7.11 Å². The standard InChI is InChI=1S/C14H13Br2ClO2/c1-3-12-9(4-5-19-12)13(16)10-6-8(17)7-11(15)14(10)18-2/h4-7,13H,3H2,1-2H3. The number of furan rings is 1. The summed E-state index contributed by atoms with van der Waals surface area (Å²) in [5, 5.41) is 0.661. The van der Waals surface area contributed by atoms with Crippen LogP contribution >= 0.6 is 43.5 Å². The molecule has 19 heavy (non-hydrogen) atoms. The van der Waals surface area contributed by atoms with Crippen LogP contribution < -0.4 is 4.74 Å². The van der Waals surface area contributed by atoms with E-state index in [2.05, 4.69) is 38.8 Å². The molecular weight excluding hydrogens is 395 g/mol. The maximum absolute atomic E-state index is 6.13. The molecule has 0 radical (unpaired) electrons. The Morgan fingerprint density at radius 3 is 2.74 bits per heavy atom. The van der Waals surface area contributed by atoms with Gasteiger partial charge in [-0.2, -0.15) is 0 Å². The molecule has 0 saturated carbocycles. The quantitative estimate of drug-likeness (QED) is 0.601. The Kier molecular flexibility index (Phi) is 4.98. The average molecular weight is 409 g/mol. The molecule has 0 aliphatic rings. The summed E-state index contributed by atoms with van der Waals surface area (Å²) >= 11 is 13.3. The second-order valence-corrected chi connectivity index (χ2v) is 6.23. The summed E-state index contributed by atoms with van der Waals surface area (Å²) in [5.74, 6) is 1.73. The van der Waals surface area contributed by atoms with E-state index in [0.717, 1.165) is 33.5 Å². The maximum atomic E-state index is 6.13. The summed E-state index contributed by atoms with van der Waals surface area (Å²) in [4.78, 5) is -0.0221. The van der Waals surface area contributed by atoms with Gasteiger partial charge in [-0.15, -0.1) is 0 Å². The second-order valence-electron chi connectivity index (χ2n) is 4.03. The third kappa shape index (κ3) is 3.01. The number of hydrogen-bond donors (Lipinski definition) is 0. The van der Waals surface area contributed by atoms with Crippen molar-refractivity contribution in [3.63, 3.8) is 0 Å². The van der Waals surface area contributed by atoms with E-state index in [4.69, 9.17) is 20.8 Å². The molecule has 1 unspecified atom stereocenters. The van der Waals surface area contributed by atoms with Crippen molar-refractivity contribution in [3.05, 3.63) is 50.8 Å². The molecule has 2 rings (SSSR count). The fraction of sp³-hybridized carbons (Fsp3) is 0.286. The average Bonchev–Trinajstić information content (AvgIpc) is 2.85. The molecule has 0 aliphatic carbocycles. The highest BCUT2D eigenvalue weighted by Crippen LogP contribution is 2.43. The van der Waals surface area contributed by atoms with Crippen molar-refractivity contribution in [3.8, 4) is 5.75 Å². The number of methoxy groups -OCH3 is 1. The molecule has 5 heteroatoms. The lowest BCUT2D eigenvalue weighted by Crippen LogP contribution is -1.99. The first kappa shape index (κ1) is 14.9. The minimum atomic E-state index is -0.0221. The lowest BCUT2D eigenvalue weighted by molar-refractivity contribution is 0.407. The normalized spacial score (nSPS) is 12.5. The predicted octanol–water partition coefficient (Wildman–Crippen LogP) is 5.75. The highest BCUT2D eigenvalue weighted by Gasteiger charge is 2.21. The number of alkyl halides is 1. The van der Waals surface area contributed by atoms with Gasteiger partial charge in [-0.05, 0) is 34.1 Å². The van der Waals surface area contributed by atoms with Crippen molar-refractivity contribution < 1.29 is 9.15 Å². The number of halogens is 3. The van der Waals surface area contributed by atoms with Crippen molar-refractivity contribution in [2.45, 2.75) is 18.2 Å². The van der Waals surface area contributed by atoms with Crippen molar-refractivity contribution >= 4 is 43.5 Å². The molecule has 0 spiro atoms. The topological polar surface area (TPSA) is 22.4 Å². The summed E-state index contributed by atoms with van der Waals surface area (Å²) in [6, 6.07) is 5.68. The summed E-state index contributed by atoms with van der Waals surface area (Å²) in [7, 11) is 1.65. The third-order valence-electron chi connectivity index (χ3n) is 2.89. The monoisotopic (exact) mass is 406 g/mol. The number of aryl methyl sites for hydroxylation is 1. The van der Waals surface area contributed by atoms with Crippen LogP contribution in [0.1, 0.15) is 28.6 Å². The van der Waals surface area contributed by atoms with Crippen LogP contribution in [0, 0.1) is 0 Å². The molecule has 2 nitrogen and oxygen atoms in total. The van der Waals surface area contributed by atoms with Gasteiger partial charge in [-0.3, -0.25) is 0 Å². The van der Waals surface area contributed by atoms with Gasteiger partial charge in [0.2, 0.25) is 0 Å². The van der Waals surface area contributed by atoms with Crippen LogP contribution in [0.3, 0.4) is 0 Å². The van der Waals surface area contributed by atoms with E-state index in [0.29, 0.717) is 5.02 Å². The maximum Gasteiger partial charge on any atom is 0.137 e. The smallest absolute Gasteiger partial charge is 0.137 e. The lowest BCUT2D eigenvalue weighted by atomic mass is 10.0. The van der Waals surface area contributed by atoms with Crippen LogP contribution in [0.4, 0.5) is 0 Å². The summed E-state index contributed by atoms with van der Waals surface area (Å²) in [5.41, 5.74) is 2.06. The Balaban J connectivity index is 2.52. The molecule has 0 saturated heterocycles. The van der Waals surface area contributed by atoms with E-state index < -0.39 is 0 Å². The van der Waals surface area contributed by atoms with Gasteiger partial charge >= 0.3 is 0 Å². The van der Waals surface area contributed by atoms with E-state index in [1.54, 1.807) is 13.4 Å². The Bertz CT molecular complexity index is 581. The SMILES string of the molecule is CCc1occc1C(Br)c1cc(Cl)cc(Br)c1OC. The van der Waals surface area contributed by atoms with Crippen LogP contribution in [0.15, 0.2) is 33.4 Å². The molecule has 1 atom stereocenters. The van der Waals surface area contributed by atoms with E-state index in [1.165, 1.54) is 0 Å². The van der Waals surface area contributed by atoms with Crippen LogP contribution in [0.2, 0.25) is 5.02 Å². The van der Waals surface area contributed by atoms with Gasteiger partial charge in [0, 0.05) is 22.6 Å². The van der Waals surface area contributed by atoms with E-state index in [-0.39, 0.29) is 4.83 Å². The van der Waals surface area contributed by atoms with Gasteiger partial charge in [0.25, 0.3) is 0 Å². The molecule has 0 N–H and O–H groups in total. The van der Waals surface area contributed by atoms with Crippen LogP contribution in [-0.2, 0) is 6.42 Å². The molecule has 0 bridgehead atoms. The number of rotatable bonds is 4. The highest BCUT2D eigenvalue weighted by atomic mass is 79.9. The van der Waals surface area contributed by atoms with E-state index in [9.17, 15) is 0 Å². The summed E-state index contributed by atoms with van der Waals surface area (Å²) < 4.78 is 11.8. The molecule has 1 aromatic heterocycles. The third-order valence-corrected chi connectivity index (χ3v) is 4.68. The molecule has 102 valence electrons. The molecule has 2 aromatic rings. The first-order valence-corrected chi connectivity index (χ1v) is 7.90. The Hall–Kier alpha value is -0.450. The van der Waals surface area contributed by atoms with Crippen molar-refractivity contribution in [2.24, 2.45) is 0 Å². The predicted molar refractivity (Wildman–Crippen MR) is 84.6 cm³/mol. The van der Waals surface area contributed by atoms with Gasteiger partial charge in [0.15, 0.2) is 0 Å². The van der Waals surface area contributed by atoms with Crippen LogP contribution in [0.25, 0.3) is 0 Å². The Labute approximate surface area is 134 Å². The van der Waals surface area contributed by atoms with Crippen molar-refractivity contribution in [1.82, 2.24) is 0 Å². The molecular formula is C14H13Br2ClO2. The minimum Gasteiger partial charge on any atom is -0.495 e. The number of ether oxygens (including phenoxy) is 1. The van der Waals surface area contributed by atoms with Gasteiger partial charge in [-0.1, -0.05) is 34.5 Å². The van der Waals surface area contributed by atoms with Gasteiger partial charge < -0.3 is 9.15 Å². The molecule has 1 heterocycles. The van der Waals surface area contributed by atoms with Gasteiger partial charge in [-0.25, -0.2) is 0 Å². The summed E-state index contributed by atoms with van der Waals surface area (Å²) in [6.45, 7) is 2.06. The van der Waals surface area contributed by atoms with Crippen molar-refractivity contribution in [1.29, 1.82) is 0 Å². The zero-order valence-corrected chi connectivity index (χ0v) is 14.5.